The Morgan fingerprint density at radius 1 is 1.39 bits per heavy atom. The number of sulfonamides is 1. The Bertz CT molecular complexity index is 388. The van der Waals surface area contributed by atoms with Gasteiger partial charge in [-0.3, -0.25) is 4.90 Å². The van der Waals surface area contributed by atoms with Gasteiger partial charge in [0.1, 0.15) is 0 Å². The zero-order valence-electron chi connectivity index (χ0n) is 10.9. The normalized spacial score (nSPS) is 22.0. The van der Waals surface area contributed by atoms with Crippen LogP contribution in [0.4, 0.5) is 0 Å². The van der Waals surface area contributed by atoms with Crippen molar-refractivity contribution < 1.29 is 13.6 Å². The molecule has 1 fully saturated rings. The Labute approximate surface area is 108 Å². The van der Waals surface area contributed by atoms with Crippen molar-refractivity contribution in [2.45, 2.75) is 25.8 Å². The summed E-state index contributed by atoms with van der Waals surface area (Å²) in [5.41, 5.74) is 5.68. The van der Waals surface area contributed by atoms with E-state index in [1.54, 1.807) is 0 Å². The van der Waals surface area contributed by atoms with E-state index in [1.165, 1.54) is 10.6 Å². The average Bonchev–Trinajstić information content (AvgIpc) is 2.34. The van der Waals surface area contributed by atoms with Crippen molar-refractivity contribution in [1.82, 2.24) is 9.21 Å². The molecule has 1 rings (SSSR count). The first-order valence-corrected chi connectivity index (χ1v) is 7.91. The molecule has 8 heteroatoms. The molecule has 1 aliphatic heterocycles. The van der Waals surface area contributed by atoms with Crippen LogP contribution in [0.15, 0.2) is 5.16 Å². The van der Waals surface area contributed by atoms with Gasteiger partial charge < -0.3 is 10.9 Å². The van der Waals surface area contributed by atoms with Gasteiger partial charge in [0.2, 0.25) is 10.0 Å². The summed E-state index contributed by atoms with van der Waals surface area (Å²) in [4.78, 5) is 2.07. The lowest BCUT2D eigenvalue weighted by Crippen LogP contribution is -2.55. The summed E-state index contributed by atoms with van der Waals surface area (Å²) in [7, 11) is -3.12. The molecule has 0 aromatic rings. The number of amidine groups is 1. The molecule has 3 N–H and O–H groups in total. The molecule has 1 aliphatic rings. The molecule has 1 heterocycles. The second-order valence-corrected chi connectivity index (χ2v) is 6.51. The van der Waals surface area contributed by atoms with Gasteiger partial charge in [-0.25, -0.2) is 8.42 Å². The third-order valence-electron chi connectivity index (χ3n) is 3.20. The Balaban J connectivity index is 2.65. The van der Waals surface area contributed by atoms with E-state index in [0.717, 1.165) is 12.8 Å². The van der Waals surface area contributed by atoms with Crippen molar-refractivity contribution in [3.63, 3.8) is 0 Å². The Hall–Kier alpha value is -0.860. The lowest BCUT2D eigenvalue weighted by Gasteiger charge is -2.37. The predicted octanol–water partition coefficient (Wildman–Crippen LogP) is -0.521. The smallest absolute Gasteiger partial charge is 0.211 e. The molecule has 0 bridgehead atoms. The Morgan fingerprint density at radius 2 is 1.94 bits per heavy atom. The molecule has 0 radical (unpaired) electrons. The number of piperazine rings is 1. The number of rotatable bonds is 5. The quantitative estimate of drug-likeness (QED) is 0.305. The molecule has 0 saturated carbocycles. The predicted molar refractivity (Wildman–Crippen MR) is 70.1 cm³/mol. The van der Waals surface area contributed by atoms with E-state index in [2.05, 4.69) is 10.1 Å². The minimum absolute atomic E-state index is 0.110. The van der Waals surface area contributed by atoms with Gasteiger partial charge in [-0.05, 0) is 6.42 Å². The van der Waals surface area contributed by atoms with Crippen molar-refractivity contribution in [1.29, 1.82) is 0 Å². The second-order valence-electron chi connectivity index (χ2n) is 4.53. The number of hydrogen-bond acceptors (Lipinski definition) is 5. The van der Waals surface area contributed by atoms with Crippen LogP contribution in [0.1, 0.15) is 19.8 Å². The standard InChI is InChI=1S/C10H22N4O3S/c1-3-4-9(10(11)12-15)13-5-7-14(8-6-13)18(2,16)17/h9,15H,3-8H2,1-2H3,(H2,11,12). The zero-order valence-corrected chi connectivity index (χ0v) is 11.7. The van der Waals surface area contributed by atoms with Crippen molar-refractivity contribution in [3.05, 3.63) is 0 Å². The number of oxime groups is 1. The molecular weight excluding hydrogens is 256 g/mol. The van der Waals surface area contributed by atoms with Crippen LogP contribution in [-0.4, -0.2) is 67.1 Å². The van der Waals surface area contributed by atoms with E-state index in [4.69, 9.17) is 10.9 Å². The van der Waals surface area contributed by atoms with Gasteiger partial charge >= 0.3 is 0 Å². The van der Waals surface area contributed by atoms with E-state index in [1.807, 2.05) is 6.92 Å². The van der Waals surface area contributed by atoms with Crippen molar-refractivity contribution in [2.24, 2.45) is 10.9 Å². The summed E-state index contributed by atoms with van der Waals surface area (Å²) in [6, 6.07) is -0.110. The highest BCUT2D eigenvalue weighted by atomic mass is 32.2. The highest BCUT2D eigenvalue weighted by Crippen LogP contribution is 2.13. The Morgan fingerprint density at radius 3 is 2.33 bits per heavy atom. The van der Waals surface area contributed by atoms with Gasteiger partial charge in [-0.15, -0.1) is 0 Å². The maximum Gasteiger partial charge on any atom is 0.211 e. The maximum atomic E-state index is 11.4. The van der Waals surface area contributed by atoms with Crippen LogP contribution in [0.25, 0.3) is 0 Å². The van der Waals surface area contributed by atoms with E-state index in [9.17, 15) is 8.42 Å². The first-order chi connectivity index (χ1) is 8.40. The monoisotopic (exact) mass is 278 g/mol. The summed E-state index contributed by atoms with van der Waals surface area (Å²) in [5.74, 6) is 0.199. The lowest BCUT2D eigenvalue weighted by atomic mass is 10.1. The highest BCUT2D eigenvalue weighted by molar-refractivity contribution is 7.88. The van der Waals surface area contributed by atoms with Crippen LogP contribution in [-0.2, 0) is 10.0 Å². The molecule has 0 aromatic carbocycles. The third-order valence-corrected chi connectivity index (χ3v) is 4.51. The molecule has 0 spiro atoms. The first-order valence-electron chi connectivity index (χ1n) is 6.06. The molecule has 0 aromatic heterocycles. The zero-order chi connectivity index (χ0) is 13.8. The summed E-state index contributed by atoms with van der Waals surface area (Å²) in [6.45, 7) is 4.15. The number of hydrogen-bond donors (Lipinski definition) is 2. The third kappa shape index (κ3) is 3.82. The van der Waals surface area contributed by atoms with Crippen LogP contribution < -0.4 is 5.73 Å². The van der Waals surface area contributed by atoms with Gasteiger partial charge in [0.25, 0.3) is 0 Å². The molecule has 1 unspecified atom stereocenters. The van der Waals surface area contributed by atoms with E-state index in [-0.39, 0.29) is 11.9 Å². The lowest BCUT2D eigenvalue weighted by molar-refractivity contribution is 0.159. The van der Waals surface area contributed by atoms with Crippen LogP contribution in [0.5, 0.6) is 0 Å². The Kier molecular flexibility index (Phi) is 5.36. The molecule has 0 amide bonds. The van der Waals surface area contributed by atoms with Crippen molar-refractivity contribution in [3.8, 4) is 0 Å². The molecule has 1 atom stereocenters. The molecule has 0 aliphatic carbocycles. The minimum atomic E-state index is -3.12. The van der Waals surface area contributed by atoms with E-state index in [0.29, 0.717) is 26.2 Å². The number of nitrogens with zero attached hydrogens (tertiary/aromatic N) is 3. The highest BCUT2D eigenvalue weighted by Gasteiger charge is 2.29. The fourth-order valence-electron chi connectivity index (χ4n) is 2.20. The van der Waals surface area contributed by atoms with E-state index >= 15 is 0 Å². The molecule has 1 saturated heterocycles. The molecular formula is C10H22N4O3S. The minimum Gasteiger partial charge on any atom is -0.409 e. The SMILES string of the molecule is CCCC(C(N)=NO)N1CCN(S(C)(=O)=O)CC1. The summed E-state index contributed by atoms with van der Waals surface area (Å²) in [5, 5.41) is 11.8. The fraction of sp³-hybridized carbons (Fsp3) is 0.900. The van der Waals surface area contributed by atoms with E-state index < -0.39 is 10.0 Å². The van der Waals surface area contributed by atoms with Gasteiger partial charge in [0.15, 0.2) is 5.84 Å². The maximum absolute atomic E-state index is 11.4. The van der Waals surface area contributed by atoms with Gasteiger partial charge in [-0.1, -0.05) is 18.5 Å². The summed E-state index contributed by atoms with van der Waals surface area (Å²) in [6.07, 6.45) is 2.94. The van der Waals surface area contributed by atoms with Crippen LogP contribution in [0.3, 0.4) is 0 Å². The number of nitrogens with two attached hydrogens (primary N) is 1. The average molecular weight is 278 g/mol. The van der Waals surface area contributed by atoms with Crippen molar-refractivity contribution in [2.75, 3.05) is 32.4 Å². The fourth-order valence-corrected chi connectivity index (χ4v) is 3.03. The van der Waals surface area contributed by atoms with Crippen LogP contribution in [0.2, 0.25) is 0 Å². The van der Waals surface area contributed by atoms with Gasteiger partial charge in [-0.2, -0.15) is 4.31 Å². The van der Waals surface area contributed by atoms with Crippen LogP contribution >= 0.6 is 0 Å². The van der Waals surface area contributed by atoms with Gasteiger partial charge in [0, 0.05) is 26.2 Å². The first kappa shape index (κ1) is 15.2. The largest absolute Gasteiger partial charge is 0.409 e. The molecule has 7 nitrogen and oxygen atoms in total. The van der Waals surface area contributed by atoms with Crippen molar-refractivity contribution >= 4 is 15.9 Å². The summed E-state index contributed by atoms with van der Waals surface area (Å²) < 4.78 is 24.3. The van der Waals surface area contributed by atoms with Crippen LogP contribution in [0, 0.1) is 0 Å². The summed E-state index contributed by atoms with van der Waals surface area (Å²) >= 11 is 0. The van der Waals surface area contributed by atoms with Gasteiger partial charge in [0.05, 0.1) is 12.3 Å². The molecule has 106 valence electrons. The second kappa shape index (κ2) is 6.35. The topological polar surface area (TPSA) is 99.2 Å². The molecule has 18 heavy (non-hydrogen) atoms.